The van der Waals surface area contributed by atoms with E-state index >= 15 is 4.39 Å². The SMILES string of the molecule is [2H]C([2H])(Oc1nc(N2CCCO[C@H]3[C@H](F)[C@H]32)c2cnc(-c3cc(N)c(F)c(C)c3C(F)(F)F)c(F)c2n1)[C@@]12CCCN1C[C@H](F)C2. The molecule has 2 aromatic heterocycles. The minimum atomic E-state index is -5.12. The molecule has 1 aliphatic carbocycles. The number of nitrogen functional groups attached to an aromatic ring is 1. The Morgan fingerprint density at radius 1 is 1.18 bits per heavy atom. The van der Waals surface area contributed by atoms with E-state index in [0.717, 1.165) is 13.1 Å². The predicted molar refractivity (Wildman–Crippen MR) is 146 cm³/mol. The van der Waals surface area contributed by atoms with Crippen LogP contribution in [-0.2, 0) is 10.9 Å². The van der Waals surface area contributed by atoms with Crippen molar-refractivity contribution >= 4 is 22.4 Å². The van der Waals surface area contributed by atoms with E-state index in [2.05, 4.69) is 15.0 Å². The Kier molecular flexibility index (Phi) is 6.29. The van der Waals surface area contributed by atoms with Gasteiger partial charge in [0.2, 0.25) is 0 Å². The van der Waals surface area contributed by atoms with Gasteiger partial charge in [0, 0.05) is 37.9 Å². The van der Waals surface area contributed by atoms with E-state index in [1.54, 1.807) is 4.90 Å². The molecule has 1 saturated carbocycles. The molecule has 3 aromatic rings. The molecule has 3 saturated heterocycles. The predicted octanol–water partition coefficient (Wildman–Crippen LogP) is 5.15. The zero-order valence-corrected chi connectivity index (χ0v) is 23.4. The van der Waals surface area contributed by atoms with Gasteiger partial charge in [-0.1, -0.05) is 0 Å². The van der Waals surface area contributed by atoms with Gasteiger partial charge >= 0.3 is 12.2 Å². The van der Waals surface area contributed by atoms with Crippen LogP contribution in [0.5, 0.6) is 6.01 Å². The summed E-state index contributed by atoms with van der Waals surface area (Å²) in [7, 11) is 0. The van der Waals surface area contributed by atoms with E-state index in [4.69, 9.17) is 17.9 Å². The molecule has 0 amide bonds. The van der Waals surface area contributed by atoms with E-state index in [-0.39, 0.29) is 43.7 Å². The standard InChI is InChI=1S/C29H29F7N6O2/c1-13-18(29(34,35)36)15(8-17(37)19(13)31)22-20(32)23-16(10-38-22)26(42-6-3-7-43-25-21(33)24(25)42)40-27(39-23)44-12-28-4-2-5-41(28)11-14(30)9-28/h8,10,14,21,24-25H,2-7,9,11-12,37H2,1H3/t14-,21-,24-,25+,28+/m1/s1/i12D2. The van der Waals surface area contributed by atoms with Crippen molar-refractivity contribution in [2.45, 2.75) is 68.8 Å². The largest absolute Gasteiger partial charge is 0.461 e. The van der Waals surface area contributed by atoms with Gasteiger partial charge in [0.1, 0.15) is 41.7 Å². The van der Waals surface area contributed by atoms with Crippen LogP contribution in [0.2, 0.25) is 0 Å². The number of anilines is 2. The maximum Gasteiger partial charge on any atom is 0.417 e. The minimum absolute atomic E-state index is 0.00679. The molecule has 5 atom stereocenters. The molecule has 44 heavy (non-hydrogen) atoms. The molecule has 15 heteroatoms. The smallest absolute Gasteiger partial charge is 0.417 e. The number of halogens is 7. The lowest BCUT2D eigenvalue weighted by Gasteiger charge is -2.31. The van der Waals surface area contributed by atoms with Gasteiger partial charge in [0.15, 0.2) is 12.0 Å². The Labute approximate surface area is 250 Å². The van der Waals surface area contributed by atoms with Gasteiger partial charge in [0.25, 0.3) is 0 Å². The van der Waals surface area contributed by atoms with Crippen molar-refractivity contribution in [2.24, 2.45) is 0 Å². The third-order valence-corrected chi connectivity index (χ3v) is 8.96. The van der Waals surface area contributed by atoms with Crippen LogP contribution < -0.4 is 15.4 Å². The van der Waals surface area contributed by atoms with Gasteiger partial charge in [-0.3, -0.25) is 9.88 Å². The lowest BCUT2D eigenvalue weighted by Crippen LogP contribution is -2.43. The Morgan fingerprint density at radius 2 is 1.98 bits per heavy atom. The van der Waals surface area contributed by atoms with Crippen LogP contribution in [0.1, 0.15) is 39.6 Å². The molecule has 3 aliphatic heterocycles. The topological polar surface area (TPSA) is 89.6 Å². The highest BCUT2D eigenvalue weighted by atomic mass is 19.4. The number of nitrogens with two attached hydrogens (primary N) is 1. The summed E-state index contributed by atoms with van der Waals surface area (Å²) in [6.07, 6.45) is -6.50. The fourth-order valence-corrected chi connectivity index (χ4v) is 6.87. The average molecular weight is 629 g/mol. The molecule has 4 fully saturated rings. The van der Waals surface area contributed by atoms with Gasteiger partial charge in [-0.25, -0.2) is 17.6 Å². The van der Waals surface area contributed by atoms with Crippen LogP contribution >= 0.6 is 0 Å². The lowest BCUT2D eigenvalue weighted by molar-refractivity contribution is -0.137. The molecular formula is C29H29F7N6O2. The number of hydrogen-bond donors (Lipinski definition) is 1. The summed E-state index contributed by atoms with van der Waals surface area (Å²) in [5.41, 5.74) is -1.00. The van der Waals surface area contributed by atoms with Crippen molar-refractivity contribution in [3.8, 4) is 17.3 Å². The third-order valence-electron chi connectivity index (χ3n) is 8.96. The van der Waals surface area contributed by atoms with Crippen molar-refractivity contribution in [2.75, 3.05) is 43.4 Å². The maximum atomic E-state index is 16.5. The molecule has 5 heterocycles. The molecule has 8 nitrogen and oxygen atoms in total. The fourth-order valence-electron chi connectivity index (χ4n) is 6.87. The molecule has 0 spiro atoms. The molecule has 2 N–H and O–H groups in total. The first kappa shape index (κ1) is 26.9. The number of alkyl halides is 5. The van der Waals surface area contributed by atoms with Crippen LogP contribution in [0.25, 0.3) is 22.2 Å². The molecule has 4 aliphatic rings. The molecular weight excluding hydrogens is 597 g/mol. The number of fused-ring (bicyclic) bond motifs is 3. The van der Waals surface area contributed by atoms with Gasteiger partial charge in [-0.05, 0) is 44.4 Å². The number of aromatic nitrogens is 3. The third kappa shape index (κ3) is 4.61. The zero-order valence-electron chi connectivity index (χ0n) is 25.4. The summed E-state index contributed by atoms with van der Waals surface area (Å²) in [6.45, 7) is -0.849. The number of nitrogens with zero attached hydrogens (tertiary/aromatic N) is 5. The summed E-state index contributed by atoms with van der Waals surface area (Å²) in [4.78, 5) is 15.6. The number of ether oxygens (including phenoxy) is 2. The van der Waals surface area contributed by atoms with Gasteiger partial charge in [0.05, 0.1) is 31.0 Å². The van der Waals surface area contributed by atoms with Gasteiger partial charge < -0.3 is 20.1 Å². The molecule has 0 unspecified atom stereocenters. The number of benzene rings is 1. The van der Waals surface area contributed by atoms with Crippen LogP contribution in [0.4, 0.5) is 42.2 Å². The van der Waals surface area contributed by atoms with Crippen LogP contribution in [-0.4, -0.2) is 82.7 Å². The fraction of sp³-hybridized carbons (Fsp3) is 0.552. The highest BCUT2D eigenvalue weighted by molar-refractivity contribution is 5.93. The number of rotatable bonds is 5. The normalized spacial score (nSPS) is 29.7. The summed E-state index contributed by atoms with van der Waals surface area (Å²) in [6, 6.07) is -0.873. The second-order valence-electron chi connectivity index (χ2n) is 11.7. The lowest BCUT2D eigenvalue weighted by atomic mass is 9.95. The number of hydrogen-bond acceptors (Lipinski definition) is 8. The molecule has 0 radical (unpaired) electrons. The summed E-state index contributed by atoms with van der Waals surface area (Å²) < 4.78 is 132. The van der Waals surface area contributed by atoms with Crippen molar-refractivity contribution < 1.29 is 42.9 Å². The monoisotopic (exact) mass is 628 g/mol. The van der Waals surface area contributed by atoms with E-state index in [1.165, 1.54) is 4.90 Å². The Balaban J connectivity index is 1.41. The quantitative estimate of drug-likeness (QED) is 0.307. The molecule has 1 aromatic carbocycles. The van der Waals surface area contributed by atoms with Crippen LogP contribution in [0.3, 0.4) is 0 Å². The van der Waals surface area contributed by atoms with Crippen LogP contribution in [0.15, 0.2) is 12.3 Å². The first-order valence-electron chi connectivity index (χ1n) is 15.3. The summed E-state index contributed by atoms with van der Waals surface area (Å²) in [5.74, 6) is -2.77. The van der Waals surface area contributed by atoms with E-state index in [9.17, 15) is 26.3 Å². The molecule has 0 bridgehead atoms. The molecule has 7 rings (SSSR count). The van der Waals surface area contributed by atoms with Crippen molar-refractivity contribution in [1.82, 2.24) is 19.9 Å². The summed E-state index contributed by atoms with van der Waals surface area (Å²) >= 11 is 0. The summed E-state index contributed by atoms with van der Waals surface area (Å²) in [5, 5.41) is -0.111. The zero-order chi connectivity index (χ0) is 32.9. The molecule has 236 valence electrons. The van der Waals surface area contributed by atoms with E-state index < -0.39 is 94.0 Å². The first-order valence-corrected chi connectivity index (χ1v) is 14.3. The minimum Gasteiger partial charge on any atom is -0.461 e. The van der Waals surface area contributed by atoms with Crippen LogP contribution in [0, 0.1) is 18.6 Å². The van der Waals surface area contributed by atoms with Gasteiger partial charge in [-0.2, -0.15) is 23.1 Å². The second kappa shape index (κ2) is 10.3. The first-order chi connectivity index (χ1) is 21.6. The Bertz CT molecular complexity index is 1730. The highest BCUT2D eigenvalue weighted by Gasteiger charge is 2.58. The van der Waals surface area contributed by atoms with Crippen molar-refractivity contribution in [3.05, 3.63) is 35.0 Å². The van der Waals surface area contributed by atoms with Crippen molar-refractivity contribution in [3.63, 3.8) is 0 Å². The van der Waals surface area contributed by atoms with Gasteiger partial charge in [-0.15, -0.1) is 0 Å². The maximum absolute atomic E-state index is 16.5. The number of pyridine rings is 1. The second-order valence-corrected chi connectivity index (χ2v) is 11.7. The van der Waals surface area contributed by atoms with E-state index in [1.807, 2.05) is 0 Å². The average Bonchev–Trinajstić information content (AvgIpc) is 3.33. The van der Waals surface area contributed by atoms with Crippen molar-refractivity contribution in [1.29, 1.82) is 0 Å². The van der Waals surface area contributed by atoms with E-state index in [0.29, 0.717) is 25.5 Å². The Morgan fingerprint density at radius 3 is 2.75 bits per heavy atom. The Hall–Kier alpha value is -3.46. The highest BCUT2D eigenvalue weighted by Crippen LogP contribution is 2.46.